The van der Waals surface area contributed by atoms with Gasteiger partial charge in [0.25, 0.3) is 0 Å². The number of rotatable bonds is 8. The average Bonchev–Trinajstić information content (AvgIpc) is 3.04. The summed E-state index contributed by atoms with van der Waals surface area (Å²) >= 11 is 1.44. The fraction of sp³-hybridized carbons (Fsp3) is 0.261. The van der Waals surface area contributed by atoms with Gasteiger partial charge in [-0.05, 0) is 48.2 Å². The van der Waals surface area contributed by atoms with Crippen molar-refractivity contribution in [2.75, 3.05) is 20.8 Å². The molecule has 2 aromatic rings. The Bertz CT molecular complexity index is 987. The highest BCUT2D eigenvalue weighted by Gasteiger charge is 2.37. The van der Waals surface area contributed by atoms with Crippen LogP contribution in [0.1, 0.15) is 16.7 Å². The Morgan fingerprint density at radius 3 is 2.63 bits per heavy atom. The van der Waals surface area contributed by atoms with Crippen LogP contribution in [-0.2, 0) is 11.2 Å². The predicted octanol–water partition coefficient (Wildman–Crippen LogP) is 4.07. The summed E-state index contributed by atoms with van der Waals surface area (Å²) < 4.78 is 10.6. The molecule has 0 radical (unpaired) electrons. The SMILES string of the molecule is C=CCN1C(=O)[C@@H](Cc2ccccc2C)S/C1=N\N=C/c1ccc(OC)c(OC)c1. The Labute approximate surface area is 181 Å². The van der Waals surface area contributed by atoms with Crippen LogP contribution in [0.25, 0.3) is 0 Å². The topological polar surface area (TPSA) is 63.5 Å². The maximum absolute atomic E-state index is 12.9. The van der Waals surface area contributed by atoms with Crippen molar-refractivity contribution in [3.63, 3.8) is 0 Å². The van der Waals surface area contributed by atoms with E-state index in [-0.39, 0.29) is 11.2 Å². The number of benzene rings is 2. The molecule has 2 aromatic carbocycles. The number of carbonyl (C=O) groups is 1. The Morgan fingerprint density at radius 1 is 1.17 bits per heavy atom. The largest absolute Gasteiger partial charge is 0.493 e. The summed E-state index contributed by atoms with van der Waals surface area (Å²) in [5.74, 6) is 1.29. The van der Waals surface area contributed by atoms with Gasteiger partial charge in [0, 0.05) is 6.54 Å². The molecule has 0 unspecified atom stereocenters. The van der Waals surface area contributed by atoms with Crippen molar-refractivity contribution in [2.24, 2.45) is 10.2 Å². The minimum atomic E-state index is -0.221. The van der Waals surface area contributed by atoms with E-state index >= 15 is 0 Å². The number of hydrogen-bond acceptors (Lipinski definition) is 6. The van der Waals surface area contributed by atoms with Crippen LogP contribution in [0.2, 0.25) is 0 Å². The summed E-state index contributed by atoms with van der Waals surface area (Å²) in [7, 11) is 3.18. The van der Waals surface area contributed by atoms with E-state index in [1.165, 1.54) is 17.3 Å². The van der Waals surface area contributed by atoms with Crippen LogP contribution >= 0.6 is 11.8 Å². The van der Waals surface area contributed by atoms with Gasteiger partial charge in [-0.1, -0.05) is 42.1 Å². The van der Waals surface area contributed by atoms with Crippen LogP contribution in [-0.4, -0.2) is 48.2 Å². The molecule has 1 atom stereocenters. The standard InChI is InChI=1S/C23H25N3O3S/c1-5-12-26-22(27)21(14-18-9-7-6-8-16(18)2)30-23(26)25-24-15-17-10-11-19(28-3)20(13-17)29-4/h5-11,13,15,21H,1,12,14H2,2-4H3/b24-15-,25-23-/t21-/m1/s1. The van der Waals surface area contributed by atoms with E-state index in [1.54, 1.807) is 31.4 Å². The van der Waals surface area contributed by atoms with Crippen LogP contribution < -0.4 is 9.47 Å². The first-order chi connectivity index (χ1) is 14.6. The first-order valence-corrected chi connectivity index (χ1v) is 10.4. The summed E-state index contributed by atoms with van der Waals surface area (Å²) in [6.45, 7) is 6.22. The highest BCUT2D eigenvalue weighted by molar-refractivity contribution is 8.15. The molecular weight excluding hydrogens is 398 g/mol. The van der Waals surface area contributed by atoms with Gasteiger partial charge in [-0.25, -0.2) is 0 Å². The van der Waals surface area contributed by atoms with Crippen molar-refractivity contribution in [3.05, 3.63) is 71.8 Å². The lowest BCUT2D eigenvalue weighted by Crippen LogP contribution is -2.32. The van der Waals surface area contributed by atoms with Crippen LogP contribution in [0.3, 0.4) is 0 Å². The number of methoxy groups -OCH3 is 2. The van der Waals surface area contributed by atoms with E-state index in [0.29, 0.717) is 29.6 Å². The third-order valence-electron chi connectivity index (χ3n) is 4.76. The zero-order valence-corrected chi connectivity index (χ0v) is 18.2. The number of hydrogen-bond donors (Lipinski definition) is 0. The third-order valence-corrected chi connectivity index (χ3v) is 5.92. The minimum absolute atomic E-state index is 0.0308. The maximum atomic E-state index is 12.9. The molecule has 0 aromatic heterocycles. The summed E-state index contributed by atoms with van der Waals surface area (Å²) in [5, 5.41) is 8.87. The molecule has 1 fully saturated rings. The van der Waals surface area contributed by atoms with Gasteiger partial charge in [-0.15, -0.1) is 11.7 Å². The molecule has 1 aliphatic heterocycles. The summed E-state index contributed by atoms with van der Waals surface area (Å²) in [6, 6.07) is 13.6. The molecule has 0 bridgehead atoms. The molecule has 0 saturated carbocycles. The minimum Gasteiger partial charge on any atom is -0.493 e. The number of carbonyl (C=O) groups excluding carboxylic acids is 1. The second-order valence-electron chi connectivity index (χ2n) is 6.72. The summed E-state index contributed by atoms with van der Waals surface area (Å²) in [6.07, 6.45) is 3.98. The van der Waals surface area contributed by atoms with Crippen molar-refractivity contribution >= 4 is 29.1 Å². The highest BCUT2D eigenvalue weighted by Crippen LogP contribution is 2.31. The quantitative estimate of drug-likeness (QED) is 0.365. The molecule has 6 nitrogen and oxygen atoms in total. The smallest absolute Gasteiger partial charge is 0.242 e. The number of nitrogens with zero attached hydrogens (tertiary/aromatic N) is 3. The summed E-state index contributed by atoms with van der Waals surface area (Å²) in [4.78, 5) is 14.5. The predicted molar refractivity (Wildman–Crippen MR) is 123 cm³/mol. The molecule has 3 rings (SSSR count). The van der Waals surface area contributed by atoms with Crippen molar-refractivity contribution < 1.29 is 14.3 Å². The molecule has 1 aliphatic rings. The Morgan fingerprint density at radius 2 is 1.93 bits per heavy atom. The van der Waals surface area contributed by atoms with Gasteiger partial charge < -0.3 is 9.47 Å². The van der Waals surface area contributed by atoms with Gasteiger partial charge in [-0.2, -0.15) is 5.10 Å². The van der Waals surface area contributed by atoms with Gasteiger partial charge in [0.15, 0.2) is 16.7 Å². The number of ether oxygens (including phenoxy) is 2. The summed E-state index contributed by atoms with van der Waals surface area (Å²) in [5.41, 5.74) is 3.16. The monoisotopic (exact) mass is 423 g/mol. The lowest BCUT2D eigenvalue weighted by Gasteiger charge is -2.13. The van der Waals surface area contributed by atoms with Crippen LogP contribution in [0.15, 0.2) is 65.3 Å². The van der Waals surface area contributed by atoms with E-state index < -0.39 is 0 Å². The van der Waals surface area contributed by atoms with E-state index in [4.69, 9.17) is 9.47 Å². The normalized spacial score (nSPS) is 17.7. The lowest BCUT2D eigenvalue weighted by atomic mass is 10.0. The molecule has 7 heteroatoms. The molecule has 1 saturated heterocycles. The van der Waals surface area contributed by atoms with Crippen LogP contribution in [0.5, 0.6) is 11.5 Å². The first kappa shape index (κ1) is 21.6. The van der Waals surface area contributed by atoms with Gasteiger partial charge in [0.2, 0.25) is 5.91 Å². The zero-order valence-electron chi connectivity index (χ0n) is 17.4. The highest BCUT2D eigenvalue weighted by atomic mass is 32.2. The van der Waals surface area contributed by atoms with E-state index in [0.717, 1.165) is 11.1 Å². The molecule has 0 aliphatic carbocycles. The van der Waals surface area contributed by atoms with Gasteiger partial charge >= 0.3 is 0 Å². The van der Waals surface area contributed by atoms with Crippen molar-refractivity contribution in [3.8, 4) is 11.5 Å². The molecule has 1 amide bonds. The number of aryl methyl sites for hydroxylation is 1. The van der Waals surface area contributed by atoms with Crippen LogP contribution in [0.4, 0.5) is 0 Å². The number of amides is 1. The number of amidine groups is 1. The second kappa shape index (κ2) is 10.1. The lowest BCUT2D eigenvalue weighted by molar-refractivity contribution is -0.125. The fourth-order valence-electron chi connectivity index (χ4n) is 3.13. The molecule has 0 N–H and O–H groups in total. The number of thioether (sulfide) groups is 1. The third kappa shape index (κ3) is 4.91. The van der Waals surface area contributed by atoms with Crippen molar-refractivity contribution in [1.29, 1.82) is 0 Å². The van der Waals surface area contributed by atoms with Gasteiger partial charge in [-0.3, -0.25) is 9.69 Å². The Kier molecular flexibility index (Phi) is 7.30. The molecule has 156 valence electrons. The van der Waals surface area contributed by atoms with E-state index in [1.807, 2.05) is 30.3 Å². The average molecular weight is 424 g/mol. The van der Waals surface area contributed by atoms with Crippen molar-refractivity contribution in [2.45, 2.75) is 18.6 Å². The Balaban J connectivity index is 1.78. The molecule has 30 heavy (non-hydrogen) atoms. The van der Waals surface area contributed by atoms with E-state index in [2.05, 4.69) is 35.8 Å². The first-order valence-electron chi connectivity index (χ1n) is 9.53. The molecular formula is C23H25N3O3S. The Hall–Kier alpha value is -3.06. The van der Waals surface area contributed by atoms with E-state index in [9.17, 15) is 4.79 Å². The zero-order chi connectivity index (χ0) is 21.5. The molecule has 0 spiro atoms. The van der Waals surface area contributed by atoms with Crippen molar-refractivity contribution in [1.82, 2.24) is 4.90 Å². The van der Waals surface area contributed by atoms with Crippen LogP contribution in [0, 0.1) is 6.92 Å². The fourth-order valence-corrected chi connectivity index (χ4v) is 4.26. The van der Waals surface area contributed by atoms with Gasteiger partial charge in [0.1, 0.15) is 0 Å². The maximum Gasteiger partial charge on any atom is 0.242 e. The molecule has 1 heterocycles. The van der Waals surface area contributed by atoms with Gasteiger partial charge in [0.05, 0.1) is 25.7 Å². The second-order valence-corrected chi connectivity index (χ2v) is 7.89.